The molecule has 0 radical (unpaired) electrons. The molecule has 3 aromatic rings. The smallest absolute Gasteiger partial charge is 0.277 e. The predicted octanol–water partition coefficient (Wildman–Crippen LogP) is 0.879. The van der Waals surface area contributed by atoms with E-state index in [9.17, 15) is 4.79 Å². The first-order valence-corrected chi connectivity index (χ1v) is 6.14. The Labute approximate surface area is 112 Å². The average Bonchev–Trinajstić information content (AvgIpc) is 2.97. The maximum atomic E-state index is 11.7. The van der Waals surface area contributed by atoms with Gasteiger partial charge in [-0.15, -0.1) is 0 Å². The van der Waals surface area contributed by atoms with Crippen molar-refractivity contribution in [1.82, 2.24) is 24.9 Å². The van der Waals surface area contributed by atoms with Crippen LogP contribution >= 0.6 is 12.2 Å². The Balaban J connectivity index is 1.99. The van der Waals surface area contributed by atoms with E-state index >= 15 is 0 Å². The van der Waals surface area contributed by atoms with Crippen LogP contribution in [-0.2, 0) is 6.42 Å². The largest absolute Gasteiger partial charge is 0.365 e. The van der Waals surface area contributed by atoms with E-state index < -0.39 is 0 Å². The molecule has 0 aliphatic carbocycles. The summed E-state index contributed by atoms with van der Waals surface area (Å²) in [4.78, 5) is 27.3. The first-order chi connectivity index (χ1) is 9.13. The number of fused-ring (bicyclic) bond motifs is 1. The molecule has 0 saturated carbocycles. The summed E-state index contributed by atoms with van der Waals surface area (Å²) in [6.07, 6.45) is 2.44. The van der Waals surface area contributed by atoms with Crippen LogP contribution in [0.15, 0.2) is 23.1 Å². The van der Waals surface area contributed by atoms with Crippen LogP contribution < -0.4 is 11.3 Å². The van der Waals surface area contributed by atoms with E-state index in [1.165, 1.54) is 0 Å². The van der Waals surface area contributed by atoms with Crippen LogP contribution in [-0.4, -0.2) is 24.9 Å². The number of aromatic amines is 4. The van der Waals surface area contributed by atoms with Crippen LogP contribution in [0.3, 0.4) is 0 Å². The lowest BCUT2D eigenvalue weighted by Crippen LogP contribution is -2.15. The number of nitrogens with two attached hydrogens (primary N) is 1. The molecule has 0 aliphatic rings. The Hall–Kier alpha value is -2.19. The van der Waals surface area contributed by atoms with E-state index in [1.807, 2.05) is 18.3 Å². The summed E-state index contributed by atoms with van der Waals surface area (Å²) in [5, 5.41) is 0. The molecule has 0 spiro atoms. The predicted molar refractivity (Wildman–Crippen MR) is 73.3 cm³/mol. The monoisotopic (exact) mass is 276 g/mol. The molecule has 0 aliphatic heterocycles. The third kappa shape index (κ3) is 2.23. The Morgan fingerprint density at radius 2 is 2.21 bits per heavy atom. The fourth-order valence-electron chi connectivity index (χ4n) is 1.95. The molecule has 0 saturated heterocycles. The quantitative estimate of drug-likeness (QED) is 0.456. The number of imidazole rings is 1. The van der Waals surface area contributed by atoms with Crippen LogP contribution in [0.4, 0.5) is 0 Å². The normalized spacial score (nSPS) is 12.9. The van der Waals surface area contributed by atoms with Crippen molar-refractivity contribution in [3.05, 3.63) is 45.0 Å². The van der Waals surface area contributed by atoms with Gasteiger partial charge >= 0.3 is 0 Å². The van der Waals surface area contributed by atoms with Crippen LogP contribution in [0.2, 0.25) is 0 Å². The molecule has 3 aromatic heterocycles. The van der Waals surface area contributed by atoms with Crippen molar-refractivity contribution in [3.63, 3.8) is 0 Å². The molecule has 0 bridgehead atoms. The van der Waals surface area contributed by atoms with Crippen LogP contribution in [0.5, 0.6) is 0 Å². The molecular formula is C11H12N6OS. The van der Waals surface area contributed by atoms with Gasteiger partial charge in [-0.3, -0.25) is 9.78 Å². The highest BCUT2D eigenvalue weighted by atomic mass is 32.1. The molecule has 0 fully saturated rings. The molecule has 0 aromatic carbocycles. The van der Waals surface area contributed by atoms with E-state index in [1.54, 1.807) is 0 Å². The van der Waals surface area contributed by atoms with Crippen molar-refractivity contribution < 1.29 is 0 Å². The second-order valence-electron chi connectivity index (χ2n) is 4.26. The van der Waals surface area contributed by atoms with Crippen LogP contribution in [0.25, 0.3) is 11.2 Å². The summed E-state index contributed by atoms with van der Waals surface area (Å²) in [6.45, 7) is 0. The van der Waals surface area contributed by atoms with E-state index in [0.717, 1.165) is 5.69 Å². The topological polar surface area (TPSA) is 119 Å². The summed E-state index contributed by atoms with van der Waals surface area (Å²) in [7, 11) is 0. The zero-order valence-corrected chi connectivity index (χ0v) is 10.7. The molecule has 3 heterocycles. The molecule has 8 heteroatoms. The van der Waals surface area contributed by atoms with E-state index in [4.69, 9.17) is 18.0 Å². The summed E-state index contributed by atoms with van der Waals surface area (Å²) in [5.74, 6) is 0.548. The van der Waals surface area contributed by atoms with Crippen molar-refractivity contribution in [2.75, 3.05) is 0 Å². The standard InChI is InChI=1S/C11H12N6OS/c12-6(4-5-2-1-3-13-5)8-14-7-9(15-8)16-11(19)17-10(7)18/h1-3,6,13H,4,12H2,(H3,14,15,16,17,18,19)/t6-/m0/s1. The zero-order chi connectivity index (χ0) is 13.4. The molecule has 1 atom stereocenters. The van der Waals surface area contributed by atoms with Gasteiger partial charge in [0, 0.05) is 18.3 Å². The molecule has 0 amide bonds. The fourth-order valence-corrected chi connectivity index (χ4v) is 2.14. The zero-order valence-electron chi connectivity index (χ0n) is 9.86. The number of aromatic nitrogens is 5. The van der Waals surface area contributed by atoms with E-state index in [0.29, 0.717) is 23.4 Å². The lowest BCUT2D eigenvalue weighted by atomic mass is 10.1. The lowest BCUT2D eigenvalue weighted by molar-refractivity contribution is 0.670. The first kappa shape index (κ1) is 11.9. The molecule has 6 N–H and O–H groups in total. The summed E-state index contributed by atoms with van der Waals surface area (Å²) in [5.41, 5.74) is 7.55. The van der Waals surface area contributed by atoms with Crippen LogP contribution in [0.1, 0.15) is 17.6 Å². The van der Waals surface area contributed by atoms with E-state index in [2.05, 4.69) is 24.9 Å². The van der Waals surface area contributed by atoms with Crippen molar-refractivity contribution in [2.24, 2.45) is 5.73 Å². The average molecular weight is 276 g/mol. The fraction of sp³-hybridized carbons (Fsp3) is 0.182. The number of hydrogen-bond acceptors (Lipinski definition) is 4. The molecular weight excluding hydrogens is 264 g/mol. The SMILES string of the molecule is N[C@@H](Cc1ccc[nH]1)c1nc2[nH]c(=S)[nH]c(=O)c2[nH]1. The van der Waals surface area contributed by atoms with Crippen molar-refractivity contribution >= 4 is 23.4 Å². The highest BCUT2D eigenvalue weighted by molar-refractivity contribution is 7.71. The number of nitrogens with one attached hydrogen (secondary N) is 4. The van der Waals surface area contributed by atoms with Gasteiger partial charge in [0.15, 0.2) is 10.4 Å². The molecule has 98 valence electrons. The minimum absolute atomic E-state index is 0.244. The lowest BCUT2D eigenvalue weighted by Gasteiger charge is -2.06. The summed E-state index contributed by atoms with van der Waals surface area (Å²) >= 11 is 4.89. The summed E-state index contributed by atoms with van der Waals surface area (Å²) in [6, 6.07) is 3.53. The van der Waals surface area contributed by atoms with Crippen LogP contribution in [0, 0.1) is 4.77 Å². The first-order valence-electron chi connectivity index (χ1n) is 5.73. The Morgan fingerprint density at radius 3 is 2.95 bits per heavy atom. The number of H-pyrrole nitrogens is 4. The van der Waals surface area contributed by atoms with Gasteiger partial charge in [-0.25, -0.2) is 4.98 Å². The van der Waals surface area contributed by atoms with Gasteiger partial charge in [-0.05, 0) is 24.4 Å². The van der Waals surface area contributed by atoms with Gasteiger partial charge < -0.3 is 20.7 Å². The maximum absolute atomic E-state index is 11.7. The highest BCUT2D eigenvalue weighted by Crippen LogP contribution is 2.14. The third-order valence-electron chi connectivity index (χ3n) is 2.86. The van der Waals surface area contributed by atoms with Gasteiger partial charge in [0.1, 0.15) is 11.3 Å². The highest BCUT2D eigenvalue weighted by Gasteiger charge is 2.14. The van der Waals surface area contributed by atoms with Gasteiger partial charge in [0.05, 0.1) is 6.04 Å². The van der Waals surface area contributed by atoms with E-state index in [-0.39, 0.29) is 16.4 Å². The third-order valence-corrected chi connectivity index (χ3v) is 3.07. The van der Waals surface area contributed by atoms with Gasteiger partial charge in [-0.2, -0.15) is 0 Å². The number of nitrogens with zero attached hydrogens (tertiary/aromatic N) is 1. The van der Waals surface area contributed by atoms with Gasteiger partial charge in [0.2, 0.25) is 0 Å². The van der Waals surface area contributed by atoms with Gasteiger partial charge in [0.25, 0.3) is 5.56 Å². The minimum Gasteiger partial charge on any atom is -0.365 e. The van der Waals surface area contributed by atoms with Crippen molar-refractivity contribution in [3.8, 4) is 0 Å². The Kier molecular flexibility index (Phi) is 2.80. The maximum Gasteiger partial charge on any atom is 0.277 e. The molecule has 0 unspecified atom stereocenters. The molecule has 7 nitrogen and oxygen atoms in total. The Bertz CT molecular complexity index is 812. The molecule has 3 rings (SSSR count). The van der Waals surface area contributed by atoms with Crippen molar-refractivity contribution in [1.29, 1.82) is 0 Å². The second kappa shape index (κ2) is 4.48. The van der Waals surface area contributed by atoms with Crippen molar-refractivity contribution in [2.45, 2.75) is 12.5 Å². The summed E-state index contributed by atoms with van der Waals surface area (Å²) < 4.78 is 0.244. The Morgan fingerprint density at radius 1 is 1.37 bits per heavy atom. The molecule has 19 heavy (non-hydrogen) atoms. The van der Waals surface area contributed by atoms with Gasteiger partial charge in [-0.1, -0.05) is 0 Å². The second-order valence-corrected chi connectivity index (χ2v) is 4.67. The minimum atomic E-state index is -0.326. The number of rotatable bonds is 3. The number of hydrogen-bond donors (Lipinski definition) is 5.